The van der Waals surface area contributed by atoms with Gasteiger partial charge in [-0.15, -0.1) is 6.58 Å². The van der Waals surface area contributed by atoms with Gasteiger partial charge in [-0.3, -0.25) is 9.59 Å². The molecule has 1 aliphatic carbocycles. The number of hydrogen-bond acceptors (Lipinski definition) is 2. The van der Waals surface area contributed by atoms with Gasteiger partial charge in [0.05, 0.1) is 11.6 Å². The van der Waals surface area contributed by atoms with Gasteiger partial charge < -0.3 is 14.5 Å². The highest BCUT2D eigenvalue weighted by Crippen LogP contribution is 2.35. The Morgan fingerprint density at radius 2 is 2.21 bits per heavy atom. The van der Waals surface area contributed by atoms with Crippen molar-refractivity contribution >= 4 is 16.8 Å². The summed E-state index contributed by atoms with van der Waals surface area (Å²) in [6, 6.07) is 6.45. The van der Waals surface area contributed by atoms with E-state index in [1.165, 1.54) is 16.7 Å². The summed E-state index contributed by atoms with van der Waals surface area (Å²) in [4.78, 5) is 31.0. The van der Waals surface area contributed by atoms with Crippen LogP contribution in [0.2, 0.25) is 0 Å². The lowest BCUT2D eigenvalue weighted by Gasteiger charge is -2.33. The molecule has 0 saturated carbocycles. The molecule has 5 nitrogen and oxygen atoms in total. The molecule has 2 heterocycles. The number of fused-ring (bicyclic) bond motifs is 2. The SMILES string of the molecule is C=CCn1cc(C(=O)N(C)C2CCCc3ccc(F)cc32)c2cc(C)[nH]c2c1=O. The van der Waals surface area contributed by atoms with Crippen molar-refractivity contribution < 1.29 is 9.18 Å². The van der Waals surface area contributed by atoms with Crippen LogP contribution in [0.15, 0.2) is 47.9 Å². The first-order valence-electron chi connectivity index (χ1n) is 9.80. The molecule has 0 fully saturated rings. The van der Waals surface area contributed by atoms with Crippen molar-refractivity contribution in [3.63, 3.8) is 0 Å². The fraction of sp³-hybridized carbons (Fsp3) is 0.304. The van der Waals surface area contributed by atoms with Crippen molar-refractivity contribution in [1.82, 2.24) is 14.5 Å². The van der Waals surface area contributed by atoms with E-state index in [-0.39, 0.29) is 23.3 Å². The average Bonchev–Trinajstić information content (AvgIpc) is 3.10. The average molecular weight is 393 g/mol. The van der Waals surface area contributed by atoms with Crippen LogP contribution in [-0.2, 0) is 13.0 Å². The summed E-state index contributed by atoms with van der Waals surface area (Å²) in [5, 5.41) is 0.611. The smallest absolute Gasteiger partial charge is 0.275 e. The van der Waals surface area contributed by atoms with Crippen LogP contribution in [0.3, 0.4) is 0 Å². The van der Waals surface area contributed by atoms with Gasteiger partial charge in [0, 0.05) is 30.9 Å². The Morgan fingerprint density at radius 3 is 2.97 bits per heavy atom. The quantitative estimate of drug-likeness (QED) is 0.678. The van der Waals surface area contributed by atoms with Gasteiger partial charge in [0.2, 0.25) is 0 Å². The third-order valence-electron chi connectivity index (χ3n) is 5.74. The molecule has 1 amide bonds. The van der Waals surface area contributed by atoms with Gasteiger partial charge in [-0.1, -0.05) is 12.1 Å². The zero-order chi connectivity index (χ0) is 20.7. The molecule has 0 bridgehead atoms. The van der Waals surface area contributed by atoms with Gasteiger partial charge in [0.1, 0.15) is 11.3 Å². The molecular weight excluding hydrogens is 369 g/mol. The Balaban J connectivity index is 1.80. The van der Waals surface area contributed by atoms with Crippen molar-refractivity contribution in [3.05, 3.63) is 81.7 Å². The second-order valence-corrected chi connectivity index (χ2v) is 7.70. The third kappa shape index (κ3) is 3.28. The second-order valence-electron chi connectivity index (χ2n) is 7.70. The molecular formula is C23H24FN3O2. The third-order valence-corrected chi connectivity index (χ3v) is 5.74. The van der Waals surface area contributed by atoms with Crippen LogP contribution in [0.25, 0.3) is 10.9 Å². The van der Waals surface area contributed by atoms with E-state index >= 15 is 0 Å². The number of benzene rings is 1. The van der Waals surface area contributed by atoms with Crippen molar-refractivity contribution in [2.24, 2.45) is 0 Å². The minimum absolute atomic E-state index is 0.183. The van der Waals surface area contributed by atoms with Gasteiger partial charge >= 0.3 is 0 Å². The van der Waals surface area contributed by atoms with Crippen LogP contribution in [-0.4, -0.2) is 27.4 Å². The van der Waals surface area contributed by atoms with Gasteiger partial charge in [-0.2, -0.15) is 0 Å². The monoisotopic (exact) mass is 393 g/mol. The number of halogens is 1. The summed E-state index contributed by atoms with van der Waals surface area (Å²) in [5.41, 5.74) is 3.46. The number of carbonyl (C=O) groups excluding carboxylic acids is 1. The molecule has 1 atom stereocenters. The number of aromatic nitrogens is 2. The largest absolute Gasteiger partial charge is 0.354 e. The standard InChI is InChI=1S/C23H24FN3O2/c1-4-10-27-13-19(18-11-14(2)25-21(18)23(27)29)22(28)26(3)20-7-5-6-15-8-9-16(24)12-17(15)20/h4,8-9,11-13,20,25H,1,5-7,10H2,2-3H3. The minimum Gasteiger partial charge on any atom is -0.354 e. The Morgan fingerprint density at radius 1 is 1.41 bits per heavy atom. The zero-order valence-electron chi connectivity index (χ0n) is 16.7. The van der Waals surface area contributed by atoms with Gasteiger partial charge in [0.15, 0.2) is 0 Å². The summed E-state index contributed by atoms with van der Waals surface area (Å²) in [6.45, 7) is 5.87. The van der Waals surface area contributed by atoms with Crippen LogP contribution >= 0.6 is 0 Å². The molecule has 1 N–H and O–H groups in total. The Labute approximate surface area is 168 Å². The number of H-pyrrole nitrogens is 1. The van der Waals surface area contributed by atoms with E-state index in [1.807, 2.05) is 19.1 Å². The number of aryl methyl sites for hydroxylation is 2. The maximum Gasteiger partial charge on any atom is 0.275 e. The first kappa shape index (κ1) is 19.2. The van der Waals surface area contributed by atoms with Crippen LogP contribution in [0, 0.1) is 12.7 Å². The van der Waals surface area contributed by atoms with E-state index in [9.17, 15) is 14.0 Å². The number of amides is 1. The van der Waals surface area contributed by atoms with Crippen molar-refractivity contribution in [2.75, 3.05) is 7.05 Å². The predicted molar refractivity (Wildman–Crippen MR) is 112 cm³/mol. The van der Waals surface area contributed by atoms with Gasteiger partial charge in [-0.25, -0.2) is 4.39 Å². The van der Waals surface area contributed by atoms with Crippen molar-refractivity contribution in [1.29, 1.82) is 0 Å². The Hall–Kier alpha value is -3.15. The number of nitrogens with one attached hydrogen (secondary N) is 1. The lowest BCUT2D eigenvalue weighted by atomic mass is 9.86. The van der Waals surface area contributed by atoms with Crippen LogP contribution in [0.1, 0.15) is 46.1 Å². The van der Waals surface area contributed by atoms with Crippen LogP contribution in [0.5, 0.6) is 0 Å². The summed E-state index contributed by atoms with van der Waals surface area (Å²) in [5.74, 6) is -0.478. The molecule has 0 saturated heterocycles. The molecule has 1 unspecified atom stereocenters. The summed E-state index contributed by atoms with van der Waals surface area (Å²) >= 11 is 0. The topological polar surface area (TPSA) is 58.1 Å². The maximum atomic E-state index is 13.9. The molecule has 1 aliphatic rings. The number of rotatable bonds is 4. The number of nitrogens with zero attached hydrogens (tertiary/aromatic N) is 2. The molecule has 0 aliphatic heterocycles. The molecule has 150 valence electrons. The van der Waals surface area contributed by atoms with E-state index in [4.69, 9.17) is 0 Å². The van der Waals surface area contributed by atoms with E-state index in [2.05, 4.69) is 11.6 Å². The van der Waals surface area contributed by atoms with Crippen molar-refractivity contribution in [3.8, 4) is 0 Å². The first-order chi connectivity index (χ1) is 13.9. The molecule has 2 aromatic heterocycles. The first-order valence-corrected chi connectivity index (χ1v) is 9.80. The lowest BCUT2D eigenvalue weighted by molar-refractivity contribution is 0.0716. The van der Waals surface area contributed by atoms with E-state index in [1.54, 1.807) is 24.2 Å². The van der Waals surface area contributed by atoms with Gasteiger partial charge in [-0.05, 0) is 55.5 Å². The number of pyridine rings is 1. The lowest BCUT2D eigenvalue weighted by Crippen LogP contribution is -2.34. The fourth-order valence-electron chi connectivity index (χ4n) is 4.32. The second kappa shape index (κ2) is 7.35. The molecule has 3 aromatic rings. The minimum atomic E-state index is -0.292. The van der Waals surface area contributed by atoms with E-state index in [0.717, 1.165) is 36.1 Å². The molecule has 0 radical (unpaired) electrons. The van der Waals surface area contributed by atoms with Crippen molar-refractivity contribution in [2.45, 2.75) is 38.8 Å². The number of carbonyl (C=O) groups is 1. The molecule has 1 aromatic carbocycles. The highest BCUT2D eigenvalue weighted by atomic mass is 19.1. The van der Waals surface area contributed by atoms with Crippen LogP contribution in [0.4, 0.5) is 4.39 Å². The number of allylic oxidation sites excluding steroid dienone is 1. The molecule has 6 heteroatoms. The molecule has 4 rings (SSSR count). The molecule has 29 heavy (non-hydrogen) atoms. The zero-order valence-corrected chi connectivity index (χ0v) is 16.7. The normalized spacial score (nSPS) is 15.9. The Bertz CT molecular complexity index is 1170. The fourth-order valence-corrected chi connectivity index (χ4v) is 4.32. The van der Waals surface area contributed by atoms with Crippen LogP contribution < -0.4 is 5.56 Å². The highest BCUT2D eigenvalue weighted by Gasteiger charge is 2.29. The summed E-state index contributed by atoms with van der Waals surface area (Å²) < 4.78 is 15.4. The van der Waals surface area contributed by atoms with E-state index in [0.29, 0.717) is 23.0 Å². The predicted octanol–water partition coefficient (Wildman–Crippen LogP) is 4.11. The highest BCUT2D eigenvalue weighted by molar-refractivity contribution is 6.06. The van der Waals surface area contributed by atoms with E-state index < -0.39 is 0 Å². The Kier molecular flexibility index (Phi) is 4.86. The van der Waals surface area contributed by atoms with Gasteiger partial charge in [0.25, 0.3) is 11.5 Å². The summed E-state index contributed by atoms with van der Waals surface area (Å²) in [7, 11) is 1.75. The molecule has 0 spiro atoms. The summed E-state index contributed by atoms with van der Waals surface area (Å²) in [6.07, 6.45) is 5.84. The number of hydrogen-bond donors (Lipinski definition) is 1. The maximum absolute atomic E-state index is 13.9. The number of aromatic amines is 1.